The number of nitrogens with two attached hydrogens (primary N) is 1. The number of nitrogens with zero attached hydrogens (tertiary/aromatic N) is 2. The van der Waals surface area contributed by atoms with Crippen molar-refractivity contribution in [1.29, 1.82) is 5.26 Å². The Morgan fingerprint density at radius 3 is 2.95 bits per heavy atom. The number of benzene rings is 2. The highest BCUT2D eigenvalue weighted by atomic mass is 15.1. The summed E-state index contributed by atoms with van der Waals surface area (Å²) in [6, 6.07) is 16.1. The van der Waals surface area contributed by atoms with Crippen molar-refractivity contribution < 1.29 is 0 Å². The molecule has 3 nitrogen and oxygen atoms in total. The van der Waals surface area contributed by atoms with Crippen LogP contribution in [0.15, 0.2) is 42.5 Å². The Bertz CT molecular complexity index is 655. The summed E-state index contributed by atoms with van der Waals surface area (Å²) in [7, 11) is 0. The van der Waals surface area contributed by atoms with E-state index < -0.39 is 0 Å². The zero-order valence-electron chi connectivity index (χ0n) is 10.6. The van der Waals surface area contributed by atoms with Crippen LogP contribution in [-0.2, 0) is 13.0 Å². The molecule has 0 aromatic heterocycles. The van der Waals surface area contributed by atoms with Crippen LogP contribution in [0.1, 0.15) is 16.7 Å². The van der Waals surface area contributed by atoms with Gasteiger partial charge in [0, 0.05) is 24.5 Å². The molecule has 0 spiro atoms. The minimum Gasteiger partial charge on any atom is -0.399 e. The van der Waals surface area contributed by atoms with Crippen molar-refractivity contribution in [3.8, 4) is 6.07 Å². The lowest BCUT2D eigenvalue weighted by atomic mass is 10.1. The van der Waals surface area contributed by atoms with Crippen LogP contribution in [0, 0.1) is 11.3 Å². The summed E-state index contributed by atoms with van der Waals surface area (Å²) in [6.07, 6.45) is 1.04. The van der Waals surface area contributed by atoms with E-state index in [-0.39, 0.29) is 0 Å². The molecule has 3 heteroatoms. The van der Waals surface area contributed by atoms with Crippen molar-refractivity contribution in [2.45, 2.75) is 13.0 Å². The Morgan fingerprint density at radius 2 is 2.11 bits per heavy atom. The third-order valence-corrected chi connectivity index (χ3v) is 3.52. The number of nitrogen functional groups attached to an aromatic ring is 1. The van der Waals surface area contributed by atoms with E-state index in [9.17, 15) is 0 Å². The van der Waals surface area contributed by atoms with Crippen molar-refractivity contribution >= 4 is 11.4 Å². The zero-order valence-corrected chi connectivity index (χ0v) is 10.6. The average molecular weight is 249 g/mol. The third kappa shape index (κ3) is 2.25. The van der Waals surface area contributed by atoms with Crippen LogP contribution in [0.25, 0.3) is 0 Å². The van der Waals surface area contributed by atoms with Crippen LogP contribution < -0.4 is 10.6 Å². The smallest absolute Gasteiger partial charge is 0.0991 e. The molecule has 3 rings (SSSR count). The van der Waals surface area contributed by atoms with Crippen LogP contribution in [-0.4, -0.2) is 6.54 Å². The van der Waals surface area contributed by atoms with Crippen LogP contribution in [0.3, 0.4) is 0 Å². The summed E-state index contributed by atoms with van der Waals surface area (Å²) in [4.78, 5) is 2.34. The number of nitriles is 1. The molecular weight excluding hydrogens is 234 g/mol. The van der Waals surface area contributed by atoms with Gasteiger partial charge in [-0.1, -0.05) is 12.1 Å². The Kier molecular flexibility index (Phi) is 2.85. The minimum absolute atomic E-state index is 0.717. The molecule has 2 N–H and O–H groups in total. The van der Waals surface area contributed by atoms with Crippen molar-refractivity contribution in [3.63, 3.8) is 0 Å². The number of anilines is 2. The van der Waals surface area contributed by atoms with E-state index in [2.05, 4.69) is 29.2 Å². The maximum atomic E-state index is 8.93. The molecule has 0 aliphatic carbocycles. The molecule has 0 fully saturated rings. The van der Waals surface area contributed by atoms with E-state index in [0.29, 0.717) is 5.56 Å². The first-order valence-electron chi connectivity index (χ1n) is 6.38. The van der Waals surface area contributed by atoms with Gasteiger partial charge in [-0.25, -0.2) is 0 Å². The topological polar surface area (TPSA) is 53.0 Å². The number of rotatable bonds is 2. The standard InChI is InChI=1S/C16H15N3/c17-10-12-2-1-3-13(8-12)11-19-7-6-14-9-15(18)4-5-16(14)19/h1-5,8-9H,6-7,11,18H2. The Hall–Kier alpha value is -2.47. The van der Waals surface area contributed by atoms with Crippen molar-refractivity contribution in [1.82, 2.24) is 0 Å². The summed E-state index contributed by atoms with van der Waals surface area (Å²) in [5.74, 6) is 0. The molecule has 0 saturated carbocycles. The van der Waals surface area contributed by atoms with E-state index >= 15 is 0 Å². The highest BCUT2D eigenvalue weighted by molar-refractivity contribution is 5.63. The first-order chi connectivity index (χ1) is 9.26. The van der Waals surface area contributed by atoms with Gasteiger partial charge in [-0.2, -0.15) is 5.26 Å². The van der Waals surface area contributed by atoms with Crippen molar-refractivity contribution in [2.24, 2.45) is 0 Å². The predicted molar refractivity (Wildman–Crippen MR) is 76.8 cm³/mol. The van der Waals surface area contributed by atoms with Crippen LogP contribution in [0.2, 0.25) is 0 Å². The second-order valence-corrected chi connectivity index (χ2v) is 4.87. The minimum atomic E-state index is 0.717. The fourth-order valence-corrected chi connectivity index (χ4v) is 2.61. The summed E-state index contributed by atoms with van der Waals surface area (Å²) in [5, 5.41) is 8.93. The van der Waals surface area contributed by atoms with E-state index in [1.165, 1.54) is 16.8 Å². The van der Waals surface area contributed by atoms with Gasteiger partial charge in [0.2, 0.25) is 0 Å². The molecule has 1 heterocycles. The van der Waals surface area contributed by atoms with Crippen LogP contribution in [0.5, 0.6) is 0 Å². The van der Waals surface area contributed by atoms with Crippen molar-refractivity contribution in [3.05, 3.63) is 59.2 Å². The summed E-state index contributed by atoms with van der Waals surface area (Å²) < 4.78 is 0. The summed E-state index contributed by atoms with van der Waals surface area (Å²) >= 11 is 0. The van der Waals surface area contributed by atoms with E-state index in [4.69, 9.17) is 11.0 Å². The van der Waals surface area contributed by atoms with Gasteiger partial charge < -0.3 is 10.6 Å². The zero-order chi connectivity index (χ0) is 13.2. The van der Waals surface area contributed by atoms with E-state index in [1.54, 1.807) is 0 Å². The second-order valence-electron chi connectivity index (χ2n) is 4.87. The third-order valence-electron chi connectivity index (χ3n) is 3.52. The normalized spacial score (nSPS) is 13.1. The molecule has 0 amide bonds. The molecule has 0 atom stereocenters. The monoisotopic (exact) mass is 249 g/mol. The number of fused-ring (bicyclic) bond motifs is 1. The van der Waals surface area contributed by atoms with Gasteiger partial charge in [-0.15, -0.1) is 0 Å². The molecule has 0 unspecified atom stereocenters. The maximum Gasteiger partial charge on any atom is 0.0991 e. The molecule has 1 aliphatic rings. The van der Waals surface area contributed by atoms with E-state index in [0.717, 1.165) is 25.2 Å². The fraction of sp³-hybridized carbons (Fsp3) is 0.188. The van der Waals surface area contributed by atoms with Crippen molar-refractivity contribution in [2.75, 3.05) is 17.2 Å². The Labute approximate surface area is 112 Å². The molecule has 94 valence electrons. The molecule has 0 saturated heterocycles. The highest BCUT2D eigenvalue weighted by Gasteiger charge is 2.18. The Morgan fingerprint density at radius 1 is 1.21 bits per heavy atom. The molecule has 2 aromatic carbocycles. The summed E-state index contributed by atoms with van der Waals surface area (Å²) in [6.45, 7) is 1.85. The first kappa shape index (κ1) is 11.6. The highest BCUT2D eigenvalue weighted by Crippen LogP contribution is 2.30. The lowest BCUT2D eigenvalue weighted by Crippen LogP contribution is -2.19. The molecule has 19 heavy (non-hydrogen) atoms. The van der Waals surface area contributed by atoms with Gasteiger partial charge in [0.15, 0.2) is 0 Å². The van der Waals surface area contributed by atoms with Gasteiger partial charge in [-0.05, 0) is 47.9 Å². The van der Waals surface area contributed by atoms with Crippen LogP contribution in [0.4, 0.5) is 11.4 Å². The SMILES string of the molecule is N#Cc1cccc(CN2CCc3cc(N)ccc32)c1. The maximum absolute atomic E-state index is 8.93. The second kappa shape index (κ2) is 4.66. The number of hydrogen-bond donors (Lipinski definition) is 1. The lowest BCUT2D eigenvalue weighted by Gasteiger charge is -2.19. The summed E-state index contributed by atoms with van der Waals surface area (Å²) in [5.41, 5.74) is 11.1. The van der Waals surface area contributed by atoms with Gasteiger partial charge in [0.25, 0.3) is 0 Å². The molecular formula is C16H15N3. The Balaban J connectivity index is 1.85. The van der Waals surface area contributed by atoms with Gasteiger partial charge >= 0.3 is 0 Å². The first-order valence-corrected chi connectivity index (χ1v) is 6.38. The lowest BCUT2D eigenvalue weighted by molar-refractivity contribution is 0.836. The molecule has 1 aliphatic heterocycles. The number of hydrogen-bond acceptors (Lipinski definition) is 3. The van der Waals surface area contributed by atoms with Gasteiger partial charge in [0.05, 0.1) is 11.6 Å². The van der Waals surface area contributed by atoms with Gasteiger partial charge in [0.1, 0.15) is 0 Å². The van der Waals surface area contributed by atoms with Gasteiger partial charge in [-0.3, -0.25) is 0 Å². The molecule has 2 aromatic rings. The van der Waals surface area contributed by atoms with E-state index in [1.807, 2.05) is 24.3 Å². The largest absolute Gasteiger partial charge is 0.399 e. The molecule has 0 radical (unpaired) electrons. The molecule has 0 bridgehead atoms. The average Bonchev–Trinajstić information content (AvgIpc) is 2.81. The fourth-order valence-electron chi connectivity index (χ4n) is 2.61. The van der Waals surface area contributed by atoms with Crippen LogP contribution >= 0.6 is 0 Å². The quantitative estimate of drug-likeness (QED) is 0.832. The predicted octanol–water partition coefficient (Wildman–Crippen LogP) is 2.70.